The molecule has 0 unspecified atom stereocenters. The van der Waals surface area contributed by atoms with Crippen LogP contribution >= 0.6 is 0 Å². The Balaban J connectivity index is 1.20. The zero-order chi connectivity index (χ0) is 26.8. The number of rotatable bonds is 7. The molecule has 1 saturated heterocycles. The van der Waals surface area contributed by atoms with Crippen molar-refractivity contribution in [1.82, 2.24) is 34.5 Å². The fraction of sp³-hybridized carbons (Fsp3) is 0.448. The Morgan fingerprint density at radius 3 is 2.44 bits per heavy atom. The summed E-state index contributed by atoms with van der Waals surface area (Å²) in [7, 11) is 3.85. The molecule has 1 aliphatic carbocycles. The molecule has 204 valence electrons. The molecular formula is C29H37N9O. The number of nitrogens with two attached hydrogens (primary N) is 1. The third-order valence-electron chi connectivity index (χ3n) is 8.27. The van der Waals surface area contributed by atoms with E-state index in [1.807, 2.05) is 12.1 Å². The average molecular weight is 528 g/mol. The number of hydrogen-bond acceptors (Lipinski definition) is 9. The molecule has 10 heteroatoms. The van der Waals surface area contributed by atoms with Gasteiger partial charge in [0.2, 0.25) is 5.88 Å². The maximum atomic E-state index is 6.39. The van der Waals surface area contributed by atoms with Crippen LogP contribution in [0.4, 0.5) is 11.5 Å². The average Bonchev–Trinajstić information content (AvgIpc) is 3.38. The van der Waals surface area contributed by atoms with Gasteiger partial charge in [0.25, 0.3) is 0 Å². The van der Waals surface area contributed by atoms with Crippen molar-refractivity contribution in [3.63, 3.8) is 0 Å². The van der Waals surface area contributed by atoms with Crippen LogP contribution in [0.1, 0.15) is 37.3 Å². The van der Waals surface area contributed by atoms with Crippen LogP contribution in [0.5, 0.6) is 5.88 Å². The predicted octanol–water partition coefficient (Wildman–Crippen LogP) is 3.82. The number of nitrogens with zero attached hydrogens (tertiary/aromatic N) is 7. The molecule has 3 N–H and O–H groups in total. The zero-order valence-electron chi connectivity index (χ0n) is 22.8. The van der Waals surface area contributed by atoms with Gasteiger partial charge < -0.3 is 20.7 Å². The maximum absolute atomic E-state index is 6.39. The molecule has 1 aliphatic heterocycles. The topological polar surface area (TPSA) is 110 Å². The van der Waals surface area contributed by atoms with E-state index in [4.69, 9.17) is 15.6 Å². The number of ether oxygens (including phenoxy) is 1. The molecule has 0 bridgehead atoms. The van der Waals surface area contributed by atoms with Crippen LogP contribution in [0.2, 0.25) is 0 Å². The van der Waals surface area contributed by atoms with Crippen LogP contribution < -0.4 is 15.8 Å². The molecule has 39 heavy (non-hydrogen) atoms. The first-order valence-electron chi connectivity index (χ1n) is 13.8. The third-order valence-corrected chi connectivity index (χ3v) is 8.27. The van der Waals surface area contributed by atoms with E-state index < -0.39 is 0 Å². The number of hydrogen-bond donors (Lipinski definition) is 2. The number of fused-ring (bicyclic) bond motifs is 1. The van der Waals surface area contributed by atoms with Crippen molar-refractivity contribution in [2.75, 3.05) is 51.4 Å². The van der Waals surface area contributed by atoms with E-state index in [9.17, 15) is 0 Å². The van der Waals surface area contributed by atoms with E-state index in [1.54, 1.807) is 19.6 Å². The quantitative estimate of drug-likeness (QED) is 0.371. The summed E-state index contributed by atoms with van der Waals surface area (Å²) in [4.78, 5) is 18.3. The number of nitrogen functional groups attached to an aromatic ring is 1. The van der Waals surface area contributed by atoms with Gasteiger partial charge in [-0.2, -0.15) is 5.10 Å². The molecule has 0 atom stereocenters. The second-order valence-corrected chi connectivity index (χ2v) is 10.7. The zero-order valence-corrected chi connectivity index (χ0v) is 22.8. The lowest BCUT2D eigenvalue weighted by atomic mass is 9.90. The van der Waals surface area contributed by atoms with Crippen molar-refractivity contribution in [3.8, 4) is 17.1 Å². The molecule has 1 aromatic carbocycles. The first-order chi connectivity index (χ1) is 19.1. The van der Waals surface area contributed by atoms with Crippen LogP contribution in [0.25, 0.3) is 22.3 Å². The Hall–Kier alpha value is -3.76. The number of piperazine rings is 1. The molecular weight excluding hydrogens is 490 g/mol. The summed E-state index contributed by atoms with van der Waals surface area (Å²) >= 11 is 0. The number of anilines is 2. The van der Waals surface area contributed by atoms with Gasteiger partial charge in [0.1, 0.15) is 17.8 Å². The molecule has 4 heterocycles. The number of pyridine rings is 1. The molecule has 10 nitrogen and oxygen atoms in total. The summed E-state index contributed by atoms with van der Waals surface area (Å²) in [6.45, 7) is 5.28. The number of nitrogens with one attached hydrogen (secondary N) is 1. The molecule has 1 saturated carbocycles. The van der Waals surface area contributed by atoms with Gasteiger partial charge in [-0.3, -0.25) is 4.90 Å². The summed E-state index contributed by atoms with van der Waals surface area (Å²) in [5.74, 6) is 1.10. The lowest BCUT2D eigenvalue weighted by Gasteiger charge is -2.41. The van der Waals surface area contributed by atoms with Gasteiger partial charge in [-0.1, -0.05) is 18.2 Å². The second kappa shape index (κ2) is 11.2. The van der Waals surface area contributed by atoms with Crippen LogP contribution in [0.3, 0.4) is 0 Å². The van der Waals surface area contributed by atoms with E-state index >= 15 is 0 Å². The lowest BCUT2D eigenvalue weighted by Crippen LogP contribution is -2.49. The summed E-state index contributed by atoms with van der Waals surface area (Å²) in [6, 6.07) is 13.2. The Labute approximate surface area is 229 Å². The van der Waals surface area contributed by atoms with Crippen molar-refractivity contribution in [1.29, 1.82) is 0 Å². The summed E-state index contributed by atoms with van der Waals surface area (Å²) in [6.07, 6.45) is 7.85. The van der Waals surface area contributed by atoms with Crippen LogP contribution in [0, 0.1) is 0 Å². The third kappa shape index (κ3) is 5.26. The summed E-state index contributed by atoms with van der Waals surface area (Å²) < 4.78 is 7.48. The normalized spacial score (nSPS) is 20.8. The fourth-order valence-corrected chi connectivity index (χ4v) is 5.99. The highest BCUT2D eigenvalue weighted by Gasteiger charge is 2.30. The van der Waals surface area contributed by atoms with Crippen molar-refractivity contribution < 1.29 is 4.74 Å². The van der Waals surface area contributed by atoms with Crippen LogP contribution in [-0.4, -0.2) is 80.9 Å². The van der Waals surface area contributed by atoms with Gasteiger partial charge in [0.05, 0.1) is 18.5 Å². The van der Waals surface area contributed by atoms with E-state index in [1.165, 1.54) is 25.9 Å². The van der Waals surface area contributed by atoms with Gasteiger partial charge in [-0.05, 0) is 50.9 Å². The number of methoxy groups -OCH3 is 1. The maximum Gasteiger partial charge on any atom is 0.218 e. The van der Waals surface area contributed by atoms with E-state index in [0.29, 0.717) is 30.3 Å². The molecule has 4 aromatic rings. The first kappa shape index (κ1) is 25.5. The number of benzene rings is 1. The molecule has 2 aliphatic rings. The minimum Gasteiger partial charge on any atom is -0.481 e. The fourth-order valence-electron chi connectivity index (χ4n) is 5.99. The Morgan fingerprint density at radius 2 is 1.69 bits per heavy atom. The predicted molar refractivity (Wildman–Crippen MR) is 154 cm³/mol. The largest absolute Gasteiger partial charge is 0.481 e. The Kier molecular flexibility index (Phi) is 7.30. The van der Waals surface area contributed by atoms with Crippen LogP contribution in [0.15, 0.2) is 48.9 Å². The van der Waals surface area contributed by atoms with Gasteiger partial charge in [-0.15, -0.1) is 0 Å². The van der Waals surface area contributed by atoms with E-state index in [0.717, 1.165) is 59.5 Å². The summed E-state index contributed by atoms with van der Waals surface area (Å²) in [5.41, 5.74) is 11.1. The smallest absolute Gasteiger partial charge is 0.218 e. The van der Waals surface area contributed by atoms with E-state index in [2.05, 4.69) is 66.1 Å². The Morgan fingerprint density at radius 1 is 0.949 bits per heavy atom. The minimum atomic E-state index is 0.315. The van der Waals surface area contributed by atoms with Crippen molar-refractivity contribution in [2.24, 2.45) is 0 Å². The van der Waals surface area contributed by atoms with Crippen LogP contribution in [-0.2, 0) is 6.54 Å². The molecule has 0 amide bonds. The molecule has 0 radical (unpaired) electrons. The Bertz CT molecular complexity index is 1400. The highest BCUT2D eigenvalue weighted by atomic mass is 16.5. The van der Waals surface area contributed by atoms with Crippen molar-refractivity contribution in [3.05, 3.63) is 54.5 Å². The van der Waals surface area contributed by atoms with Crippen molar-refractivity contribution >= 4 is 22.5 Å². The monoisotopic (exact) mass is 527 g/mol. The van der Waals surface area contributed by atoms with E-state index in [-0.39, 0.29) is 0 Å². The van der Waals surface area contributed by atoms with Gasteiger partial charge in [0, 0.05) is 61.8 Å². The SMILES string of the molecule is COc1ncccc1CNc1ccc(-c2nn(C3CCC(N4CCN(C)CC4)CC3)c3ncnc(N)c23)cc1. The first-order valence-corrected chi connectivity index (χ1v) is 13.8. The van der Waals surface area contributed by atoms with Gasteiger partial charge >= 0.3 is 0 Å². The number of aromatic nitrogens is 5. The summed E-state index contributed by atoms with van der Waals surface area (Å²) in [5, 5.41) is 9.39. The molecule has 2 fully saturated rings. The molecule has 6 rings (SSSR count). The van der Waals surface area contributed by atoms with Crippen molar-refractivity contribution in [2.45, 2.75) is 44.3 Å². The highest BCUT2D eigenvalue weighted by Crippen LogP contribution is 2.37. The molecule has 3 aromatic heterocycles. The number of likely N-dealkylation sites (N-methyl/N-ethyl adjacent to an activating group) is 1. The second-order valence-electron chi connectivity index (χ2n) is 10.7. The minimum absolute atomic E-state index is 0.315. The lowest BCUT2D eigenvalue weighted by molar-refractivity contribution is 0.0815. The van der Waals surface area contributed by atoms with Gasteiger partial charge in [0.15, 0.2) is 5.65 Å². The standard InChI is InChI=1S/C29H37N9O/c1-36-14-16-37(17-15-36)23-9-11-24(12-10-23)38-28-25(27(30)33-19-34-28)26(35-38)20-5-7-22(8-6-20)32-18-21-4-3-13-31-29(21)39-2/h3-8,13,19,23-24,32H,9-12,14-18H2,1-2H3,(H2,30,33,34). The van der Waals surface area contributed by atoms with Gasteiger partial charge in [-0.25, -0.2) is 19.6 Å². The highest BCUT2D eigenvalue weighted by molar-refractivity contribution is 5.98. The molecule has 0 spiro atoms.